The average Bonchev–Trinajstić information content (AvgIpc) is 2.78. The Bertz CT molecular complexity index is 1510. The van der Waals surface area contributed by atoms with Gasteiger partial charge in [0.15, 0.2) is 0 Å². The zero-order chi connectivity index (χ0) is 18.5. The molecule has 0 bridgehead atoms. The molecule has 0 heterocycles. The van der Waals surface area contributed by atoms with Gasteiger partial charge in [-0.05, 0) is 60.3 Å². The zero-order valence-electron chi connectivity index (χ0n) is 15.4. The molecule has 0 saturated heterocycles. The van der Waals surface area contributed by atoms with Crippen LogP contribution in [0.2, 0.25) is 0 Å². The number of hydrogen-bond donors (Lipinski definition) is 0. The smallest absolute Gasteiger partial charge is 0.00990 e. The highest BCUT2D eigenvalue weighted by molar-refractivity contribution is 6.13. The predicted molar refractivity (Wildman–Crippen MR) is 122 cm³/mol. The predicted octanol–water partition coefficient (Wildman–Crippen LogP) is 7.97. The zero-order valence-corrected chi connectivity index (χ0v) is 15.4. The first-order valence-electron chi connectivity index (χ1n) is 9.71. The van der Waals surface area contributed by atoms with Crippen LogP contribution in [-0.4, -0.2) is 0 Å². The molecule has 130 valence electrons. The van der Waals surface area contributed by atoms with Crippen molar-refractivity contribution in [2.75, 3.05) is 0 Å². The first kappa shape index (κ1) is 15.4. The fourth-order valence-corrected chi connectivity index (χ4v) is 4.47. The Labute approximate surface area is 163 Å². The molecule has 0 aliphatic rings. The van der Waals surface area contributed by atoms with Gasteiger partial charge in [0.1, 0.15) is 0 Å². The number of hydrogen-bond acceptors (Lipinski definition) is 0. The lowest BCUT2D eigenvalue weighted by atomic mass is 9.93. The Hall–Kier alpha value is -3.64. The van der Waals surface area contributed by atoms with Gasteiger partial charge in [0.25, 0.3) is 0 Å². The minimum atomic E-state index is 1.27. The summed E-state index contributed by atoms with van der Waals surface area (Å²) in [5.74, 6) is 0. The first-order valence-corrected chi connectivity index (χ1v) is 9.71. The molecule has 0 aliphatic carbocycles. The minimum absolute atomic E-state index is 1.27. The highest BCUT2D eigenvalue weighted by atomic mass is 14.1. The Kier molecular flexibility index (Phi) is 3.27. The fraction of sp³-hybridized carbons (Fsp3) is 0. The van der Waals surface area contributed by atoms with E-state index in [9.17, 15) is 0 Å². The van der Waals surface area contributed by atoms with Crippen molar-refractivity contribution in [1.82, 2.24) is 0 Å². The Morgan fingerprint density at radius 2 is 0.893 bits per heavy atom. The van der Waals surface area contributed by atoms with Gasteiger partial charge in [0.2, 0.25) is 0 Å². The van der Waals surface area contributed by atoms with Crippen LogP contribution in [0.4, 0.5) is 0 Å². The van der Waals surface area contributed by atoms with Gasteiger partial charge in [-0.15, -0.1) is 0 Å². The third-order valence-electron chi connectivity index (χ3n) is 5.84. The maximum atomic E-state index is 2.33. The van der Waals surface area contributed by atoms with Crippen LogP contribution in [0.5, 0.6) is 0 Å². The molecule has 6 aromatic rings. The summed E-state index contributed by atoms with van der Waals surface area (Å²) in [5, 5.41) is 10.4. The van der Waals surface area contributed by atoms with E-state index in [-0.39, 0.29) is 0 Å². The van der Waals surface area contributed by atoms with E-state index in [1.807, 2.05) is 0 Å². The summed E-state index contributed by atoms with van der Waals surface area (Å²) in [7, 11) is 0. The summed E-state index contributed by atoms with van der Waals surface area (Å²) >= 11 is 0. The maximum absolute atomic E-state index is 2.33. The molecule has 0 N–H and O–H groups in total. The van der Waals surface area contributed by atoms with E-state index in [1.165, 1.54) is 54.2 Å². The normalized spacial score (nSPS) is 11.6. The van der Waals surface area contributed by atoms with Crippen LogP contribution in [0, 0.1) is 0 Å². The van der Waals surface area contributed by atoms with Gasteiger partial charge in [-0.25, -0.2) is 0 Å². The van der Waals surface area contributed by atoms with Crippen LogP contribution in [0.15, 0.2) is 109 Å². The van der Waals surface area contributed by atoms with E-state index in [0.717, 1.165) is 0 Å². The van der Waals surface area contributed by atoms with Gasteiger partial charge in [-0.3, -0.25) is 0 Å². The van der Waals surface area contributed by atoms with Crippen LogP contribution in [-0.2, 0) is 0 Å². The van der Waals surface area contributed by atoms with E-state index in [1.54, 1.807) is 0 Å². The highest BCUT2D eigenvalue weighted by Crippen LogP contribution is 2.35. The van der Waals surface area contributed by atoms with Crippen molar-refractivity contribution >= 4 is 43.1 Å². The van der Waals surface area contributed by atoms with Gasteiger partial charge in [-0.1, -0.05) is 103 Å². The average molecular weight is 354 g/mol. The molecule has 0 fully saturated rings. The van der Waals surface area contributed by atoms with Crippen molar-refractivity contribution in [2.45, 2.75) is 0 Å². The van der Waals surface area contributed by atoms with Crippen molar-refractivity contribution in [2.24, 2.45) is 0 Å². The molecule has 0 atom stereocenters. The van der Waals surface area contributed by atoms with Gasteiger partial charge >= 0.3 is 0 Å². The topological polar surface area (TPSA) is 0 Å². The number of rotatable bonds is 1. The van der Waals surface area contributed by atoms with Crippen molar-refractivity contribution in [3.63, 3.8) is 0 Å². The number of benzene rings is 6. The molecule has 0 spiro atoms. The second-order valence-corrected chi connectivity index (χ2v) is 7.41. The minimum Gasteiger partial charge on any atom is -0.0616 e. The molecule has 0 aliphatic heterocycles. The van der Waals surface area contributed by atoms with Crippen LogP contribution < -0.4 is 0 Å². The van der Waals surface area contributed by atoms with Gasteiger partial charge in [0.05, 0.1) is 0 Å². The monoisotopic (exact) mass is 354 g/mol. The maximum Gasteiger partial charge on any atom is -0.00990 e. The van der Waals surface area contributed by atoms with Crippen LogP contribution in [0.1, 0.15) is 0 Å². The molecule has 0 radical (unpaired) electrons. The SMILES string of the molecule is c1ccc2c(c1)ccc1cc(-c3cccc4c3ccc3ccccc34)ccc12. The van der Waals surface area contributed by atoms with Crippen LogP contribution in [0.3, 0.4) is 0 Å². The van der Waals surface area contributed by atoms with Crippen LogP contribution in [0.25, 0.3) is 54.2 Å². The second kappa shape index (κ2) is 5.94. The summed E-state index contributed by atoms with van der Waals surface area (Å²) < 4.78 is 0. The summed E-state index contributed by atoms with van der Waals surface area (Å²) in [4.78, 5) is 0. The molecule has 0 nitrogen and oxygen atoms in total. The third-order valence-corrected chi connectivity index (χ3v) is 5.84. The number of fused-ring (bicyclic) bond motifs is 6. The van der Waals surface area contributed by atoms with E-state index in [2.05, 4.69) is 109 Å². The van der Waals surface area contributed by atoms with Crippen molar-refractivity contribution in [3.05, 3.63) is 109 Å². The third kappa shape index (κ3) is 2.25. The lowest BCUT2D eigenvalue weighted by Gasteiger charge is -2.11. The Morgan fingerprint density at radius 3 is 1.71 bits per heavy atom. The highest BCUT2D eigenvalue weighted by Gasteiger charge is 2.08. The lowest BCUT2D eigenvalue weighted by molar-refractivity contribution is 1.70. The molecule has 0 amide bonds. The molecule has 0 heteroatoms. The van der Waals surface area contributed by atoms with Gasteiger partial charge in [-0.2, -0.15) is 0 Å². The van der Waals surface area contributed by atoms with Crippen molar-refractivity contribution < 1.29 is 0 Å². The Balaban J connectivity index is 1.63. The molecule has 6 aromatic carbocycles. The van der Waals surface area contributed by atoms with Crippen molar-refractivity contribution in [1.29, 1.82) is 0 Å². The van der Waals surface area contributed by atoms with E-state index in [0.29, 0.717) is 0 Å². The fourth-order valence-electron chi connectivity index (χ4n) is 4.47. The first-order chi connectivity index (χ1) is 13.9. The standard InChI is InChI=1S/C28H18/c1-3-8-23-19(6-1)12-13-21-18-22(15-16-26(21)23)25-10-5-11-27-24-9-4-2-7-20(24)14-17-28(25)27/h1-18H. The largest absolute Gasteiger partial charge is 0.0616 e. The molecule has 0 unspecified atom stereocenters. The van der Waals surface area contributed by atoms with E-state index in [4.69, 9.17) is 0 Å². The lowest BCUT2D eigenvalue weighted by Crippen LogP contribution is -1.84. The summed E-state index contributed by atoms with van der Waals surface area (Å²) in [5.41, 5.74) is 2.56. The quantitative estimate of drug-likeness (QED) is 0.263. The molecule has 0 aromatic heterocycles. The second-order valence-electron chi connectivity index (χ2n) is 7.41. The molecule has 28 heavy (non-hydrogen) atoms. The summed E-state index contributed by atoms with van der Waals surface area (Å²) in [6.07, 6.45) is 0. The molecular weight excluding hydrogens is 336 g/mol. The molecule has 0 saturated carbocycles. The summed E-state index contributed by atoms with van der Waals surface area (Å²) in [6, 6.07) is 39.7. The van der Waals surface area contributed by atoms with Crippen molar-refractivity contribution in [3.8, 4) is 11.1 Å². The van der Waals surface area contributed by atoms with Gasteiger partial charge in [0, 0.05) is 0 Å². The summed E-state index contributed by atoms with van der Waals surface area (Å²) in [6.45, 7) is 0. The van der Waals surface area contributed by atoms with Gasteiger partial charge < -0.3 is 0 Å². The van der Waals surface area contributed by atoms with E-state index >= 15 is 0 Å². The molecular formula is C28H18. The van der Waals surface area contributed by atoms with E-state index < -0.39 is 0 Å². The van der Waals surface area contributed by atoms with Crippen LogP contribution >= 0.6 is 0 Å². The molecule has 6 rings (SSSR count). The Morgan fingerprint density at radius 1 is 0.321 bits per heavy atom.